The fraction of sp³-hybridized carbons (Fsp3) is 0.700. The van der Waals surface area contributed by atoms with Gasteiger partial charge in [-0.15, -0.1) is 0 Å². The zero-order valence-corrected chi connectivity index (χ0v) is 8.81. The Morgan fingerprint density at radius 1 is 1.25 bits per heavy atom. The van der Waals surface area contributed by atoms with Gasteiger partial charge in [0.05, 0.1) is 6.61 Å². The smallest absolute Gasteiger partial charge is 0.432 e. The molecule has 2 amide bonds. The fourth-order valence-electron chi connectivity index (χ4n) is 1.41. The predicted octanol–water partition coefficient (Wildman–Crippen LogP) is 1.00. The predicted molar refractivity (Wildman–Crippen MR) is 50.9 cm³/mol. The molecule has 0 radical (unpaired) electrons. The van der Waals surface area contributed by atoms with Crippen LogP contribution in [-0.2, 0) is 19.2 Å². The topological polar surface area (TPSA) is 72.9 Å². The molecule has 0 bridgehead atoms. The molecule has 6 nitrogen and oxygen atoms in total. The van der Waals surface area contributed by atoms with E-state index in [1.165, 1.54) is 0 Å². The highest BCUT2D eigenvalue weighted by Crippen LogP contribution is 2.28. The third-order valence-electron chi connectivity index (χ3n) is 2.53. The highest BCUT2D eigenvalue weighted by molar-refractivity contribution is 5.97. The van der Waals surface area contributed by atoms with Gasteiger partial charge in [0.1, 0.15) is 0 Å². The second-order valence-corrected chi connectivity index (χ2v) is 4.03. The normalized spacial score (nSPS) is 20.9. The lowest BCUT2D eigenvalue weighted by Gasteiger charge is -2.22. The zero-order chi connectivity index (χ0) is 11.5. The molecule has 1 heterocycles. The molecule has 88 valence electrons. The molecule has 2 rings (SSSR count). The van der Waals surface area contributed by atoms with E-state index in [-0.39, 0.29) is 12.8 Å². The molecular formula is C10H13NO5. The third kappa shape index (κ3) is 2.71. The van der Waals surface area contributed by atoms with Crippen LogP contribution in [0.1, 0.15) is 32.1 Å². The zero-order valence-electron chi connectivity index (χ0n) is 8.81. The number of imide groups is 1. The Kier molecular flexibility index (Phi) is 3.07. The maximum Gasteiger partial charge on any atom is 0.533 e. The number of nitrogens with zero attached hydrogens (tertiary/aromatic N) is 1. The Bertz CT molecular complexity index is 307. The van der Waals surface area contributed by atoms with Crippen LogP contribution in [0.2, 0.25) is 0 Å². The van der Waals surface area contributed by atoms with Crippen LogP contribution in [-0.4, -0.2) is 29.6 Å². The maximum absolute atomic E-state index is 11.3. The van der Waals surface area contributed by atoms with Gasteiger partial charge >= 0.3 is 6.16 Å². The molecule has 0 unspecified atom stereocenters. The van der Waals surface area contributed by atoms with Crippen molar-refractivity contribution in [3.05, 3.63) is 0 Å². The van der Waals surface area contributed by atoms with Crippen LogP contribution in [0.25, 0.3) is 0 Å². The van der Waals surface area contributed by atoms with Gasteiger partial charge in [-0.1, -0.05) is 5.06 Å². The molecule has 0 aromatic heterocycles. The first kappa shape index (κ1) is 10.9. The number of carbonyl (C=O) groups excluding carboxylic acids is 3. The van der Waals surface area contributed by atoms with Crippen LogP contribution in [0.4, 0.5) is 4.79 Å². The molecule has 1 saturated carbocycles. The van der Waals surface area contributed by atoms with E-state index < -0.39 is 18.0 Å². The highest BCUT2D eigenvalue weighted by atomic mass is 16.8. The van der Waals surface area contributed by atoms with E-state index in [0.717, 1.165) is 12.8 Å². The summed E-state index contributed by atoms with van der Waals surface area (Å²) in [6, 6.07) is 0. The molecule has 0 atom stereocenters. The van der Waals surface area contributed by atoms with Crippen molar-refractivity contribution in [3.63, 3.8) is 0 Å². The molecule has 0 N–H and O–H groups in total. The highest BCUT2D eigenvalue weighted by Gasteiger charge is 2.31. The second kappa shape index (κ2) is 4.51. The van der Waals surface area contributed by atoms with Gasteiger partial charge < -0.3 is 4.74 Å². The maximum atomic E-state index is 11.3. The number of amides is 2. The Hall–Kier alpha value is -1.59. The van der Waals surface area contributed by atoms with Crippen molar-refractivity contribution in [2.75, 3.05) is 6.61 Å². The van der Waals surface area contributed by atoms with Crippen molar-refractivity contribution in [2.24, 2.45) is 5.92 Å². The first-order chi connectivity index (χ1) is 7.66. The van der Waals surface area contributed by atoms with E-state index in [1.54, 1.807) is 0 Å². The lowest BCUT2D eigenvalue weighted by atomic mass is 10.1. The number of rotatable bonds is 3. The van der Waals surface area contributed by atoms with Gasteiger partial charge in [0.15, 0.2) is 0 Å². The minimum atomic E-state index is -0.976. The van der Waals surface area contributed by atoms with Gasteiger partial charge in [-0.3, -0.25) is 14.4 Å². The molecule has 2 aliphatic rings. The van der Waals surface area contributed by atoms with E-state index in [0.29, 0.717) is 24.0 Å². The summed E-state index contributed by atoms with van der Waals surface area (Å²) < 4.78 is 4.76. The Balaban J connectivity index is 1.79. The van der Waals surface area contributed by atoms with Gasteiger partial charge in [0.25, 0.3) is 11.8 Å². The molecule has 0 aromatic rings. The van der Waals surface area contributed by atoms with Crippen LogP contribution < -0.4 is 0 Å². The molecule has 1 aliphatic heterocycles. The molecule has 1 saturated heterocycles. The van der Waals surface area contributed by atoms with E-state index >= 15 is 0 Å². The molecule has 0 aromatic carbocycles. The largest absolute Gasteiger partial charge is 0.533 e. The quantitative estimate of drug-likeness (QED) is 0.531. The van der Waals surface area contributed by atoms with E-state index in [2.05, 4.69) is 4.84 Å². The number of hydroxylamine groups is 2. The lowest BCUT2D eigenvalue weighted by Crippen LogP contribution is -2.41. The number of ether oxygens (including phenoxy) is 1. The van der Waals surface area contributed by atoms with Crippen molar-refractivity contribution in [1.29, 1.82) is 0 Å². The summed E-state index contributed by atoms with van der Waals surface area (Å²) in [7, 11) is 0. The van der Waals surface area contributed by atoms with Crippen LogP contribution in [0.5, 0.6) is 0 Å². The minimum Gasteiger partial charge on any atom is -0.432 e. The Morgan fingerprint density at radius 2 is 1.88 bits per heavy atom. The average Bonchev–Trinajstić information content (AvgIpc) is 3.04. The minimum absolute atomic E-state index is 0.224. The van der Waals surface area contributed by atoms with Crippen LogP contribution in [0, 0.1) is 5.92 Å². The van der Waals surface area contributed by atoms with Crippen LogP contribution in [0.15, 0.2) is 0 Å². The van der Waals surface area contributed by atoms with Crippen LogP contribution in [0.3, 0.4) is 0 Å². The van der Waals surface area contributed by atoms with Crippen molar-refractivity contribution in [3.8, 4) is 0 Å². The number of hydrogen-bond donors (Lipinski definition) is 0. The van der Waals surface area contributed by atoms with E-state index in [1.807, 2.05) is 0 Å². The van der Waals surface area contributed by atoms with Gasteiger partial charge in [-0.05, 0) is 25.2 Å². The first-order valence-corrected chi connectivity index (χ1v) is 5.37. The summed E-state index contributed by atoms with van der Waals surface area (Å²) in [6.07, 6.45) is 2.08. The van der Waals surface area contributed by atoms with Crippen molar-refractivity contribution < 1.29 is 24.0 Å². The molecule has 1 aliphatic carbocycles. The number of carbonyl (C=O) groups is 3. The molecule has 6 heteroatoms. The summed E-state index contributed by atoms with van der Waals surface area (Å²) in [5, 5.41) is 0.513. The number of hydrogen-bond acceptors (Lipinski definition) is 5. The third-order valence-corrected chi connectivity index (χ3v) is 2.53. The number of piperidine rings is 1. The van der Waals surface area contributed by atoms with Crippen molar-refractivity contribution >= 4 is 18.0 Å². The van der Waals surface area contributed by atoms with Gasteiger partial charge in [0.2, 0.25) is 0 Å². The van der Waals surface area contributed by atoms with E-state index in [4.69, 9.17) is 4.74 Å². The standard InChI is InChI=1S/C10H13NO5/c12-8-2-1-3-9(13)11(8)16-10(14)15-6-7-4-5-7/h7H,1-6H2. The molecule has 0 spiro atoms. The van der Waals surface area contributed by atoms with Crippen molar-refractivity contribution in [1.82, 2.24) is 5.06 Å². The fourth-order valence-corrected chi connectivity index (χ4v) is 1.41. The summed E-state index contributed by atoms with van der Waals surface area (Å²) >= 11 is 0. The Morgan fingerprint density at radius 3 is 2.44 bits per heavy atom. The Labute approximate surface area is 92.4 Å². The SMILES string of the molecule is O=C(OCC1CC1)ON1C(=O)CCCC1=O. The first-order valence-electron chi connectivity index (χ1n) is 5.37. The molecule has 2 fully saturated rings. The lowest BCUT2D eigenvalue weighted by molar-refractivity contribution is -0.188. The average molecular weight is 227 g/mol. The summed E-state index contributed by atoms with van der Waals surface area (Å²) in [6.45, 7) is 0.301. The monoisotopic (exact) mass is 227 g/mol. The van der Waals surface area contributed by atoms with E-state index in [9.17, 15) is 14.4 Å². The van der Waals surface area contributed by atoms with Crippen LogP contribution >= 0.6 is 0 Å². The van der Waals surface area contributed by atoms with Gasteiger partial charge in [-0.25, -0.2) is 4.79 Å². The van der Waals surface area contributed by atoms with Gasteiger partial charge in [-0.2, -0.15) is 0 Å². The summed E-state index contributed by atoms with van der Waals surface area (Å²) in [5.74, 6) is -0.556. The molecular weight excluding hydrogens is 214 g/mol. The second-order valence-electron chi connectivity index (χ2n) is 4.03. The molecule has 16 heavy (non-hydrogen) atoms. The summed E-state index contributed by atoms with van der Waals surface area (Å²) in [4.78, 5) is 38.2. The van der Waals surface area contributed by atoms with Crippen molar-refractivity contribution in [2.45, 2.75) is 32.1 Å². The summed E-state index contributed by atoms with van der Waals surface area (Å²) in [5.41, 5.74) is 0. The van der Waals surface area contributed by atoms with Gasteiger partial charge in [0, 0.05) is 12.8 Å².